The van der Waals surface area contributed by atoms with Crippen LogP contribution in [0.4, 0.5) is 0 Å². The molecule has 5 nitrogen and oxygen atoms in total. The van der Waals surface area contributed by atoms with Crippen molar-refractivity contribution >= 4 is 10.2 Å². The molecule has 0 spiro atoms. The number of hydrogen-bond acceptors (Lipinski definition) is 3. The molecule has 2 N–H and O–H groups in total. The van der Waals surface area contributed by atoms with Gasteiger partial charge in [0.25, 0.3) is 10.2 Å². The lowest BCUT2D eigenvalue weighted by molar-refractivity contribution is 0.261. The maximum absolute atomic E-state index is 12.2. The standard InChI is InChI=1S/C14H29N3O2S/c1-12(2)15-10-13-4-8-17(9-5-13)20(18,19)16-11-14(3)6-7-14/h12-13,15-16H,4-11H2,1-3H3. The molecule has 1 saturated heterocycles. The van der Waals surface area contributed by atoms with Crippen LogP contribution in [0.1, 0.15) is 46.5 Å². The van der Waals surface area contributed by atoms with E-state index in [1.807, 2.05) is 0 Å². The van der Waals surface area contributed by atoms with E-state index in [1.54, 1.807) is 4.31 Å². The number of rotatable bonds is 7. The average molecular weight is 303 g/mol. The smallest absolute Gasteiger partial charge is 0.279 e. The van der Waals surface area contributed by atoms with Crippen LogP contribution in [0.5, 0.6) is 0 Å². The van der Waals surface area contributed by atoms with E-state index in [2.05, 4.69) is 30.8 Å². The van der Waals surface area contributed by atoms with E-state index >= 15 is 0 Å². The molecule has 1 aliphatic carbocycles. The van der Waals surface area contributed by atoms with E-state index in [0.717, 1.165) is 32.2 Å². The van der Waals surface area contributed by atoms with E-state index < -0.39 is 10.2 Å². The van der Waals surface area contributed by atoms with Crippen molar-refractivity contribution in [3.8, 4) is 0 Å². The predicted molar refractivity (Wildman–Crippen MR) is 81.7 cm³/mol. The molecule has 2 aliphatic rings. The van der Waals surface area contributed by atoms with E-state index in [1.165, 1.54) is 0 Å². The van der Waals surface area contributed by atoms with Gasteiger partial charge in [-0.2, -0.15) is 12.7 Å². The molecule has 0 amide bonds. The maximum atomic E-state index is 12.2. The van der Waals surface area contributed by atoms with Gasteiger partial charge in [-0.3, -0.25) is 0 Å². The van der Waals surface area contributed by atoms with Gasteiger partial charge in [0.2, 0.25) is 0 Å². The number of nitrogens with one attached hydrogen (secondary N) is 2. The maximum Gasteiger partial charge on any atom is 0.279 e. The summed E-state index contributed by atoms with van der Waals surface area (Å²) in [5, 5.41) is 3.44. The van der Waals surface area contributed by atoms with Crippen molar-refractivity contribution in [1.29, 1.82) is 0 Å². The van der Waals surface area contributed by atoms with Crippen LogP contribution in [0.15, 0.2) is 0 Å². The summed E-state index contributed by atoms with van der Waals surface area (Å²) in [6, 6.07) is 0.498. The first-order chi connectivity index (χ1) is 9.31. The van der Waals surface area contributed by atoms with Gasteiger partial charge in [0.15, 0.2) is 0 Å². The Kier molecular flexibility index (Phi) is 5.10. The summed E-state index contributed by atoms with van der Waals surface area (Å²) in [6.45, 7) is 9.30. The Morgan fingerprint density at radius 1 is 1.25 bits per heavy atom. The normalized spacial score (nSPS) is 24.2. The second-order valence-electron chi connectivity index (χ2n) is 7.04. The van der Waals surface area contributed by atoms with E-state index in [0.29, 0.717) is 31.6 Å². The van der Waals surface area contributed by atoms with Gasteiger partial charge in [-0.15, -0.1) is 0 Å². The van der Waals surface area contributed by atoms with Gasteiger partial charge in [-0.05, 0) is 43.6 Å². The van der Waals surface area contributed by atoms with Gasteiger partial charge in [0.1, 0.15) is 0 Å². The Bertz CT molecular complexity index is 410. The van der Waals surface area contributed by atoms with Gasteiger partial charge in [-0.25, -0.2) is 4.72 Å². The highest BCUT2D eigenvalue weighted by Gasteiger charge is 2.39. The molecule has 20 heavy (non-hydrogen) atoms. The van der Waals surface area contributed by atoms with Crippen LogP contribution in [-0.2, 0) is 10.2 Å². The minimum Gasteiger partial charge on any atom is -0.314 e. The summed E-state index contributed by atoms with van der Waals surface area (Å²) in [4.78, 5) is 0. The first-order valence-electron chi connectivity index (χ1n) is 7.79. The Balaban J connectivity index is 1.74. The molecule has 2 fully saturated rings. The molecule has 0 bridgehead atoms. The fraction of sp³-hybridized carbons (Fsp3) is 1.00. The lowest BCUT2D eigenvalue weighted by Gasteiger charge is -2.32. The van der Waals surface area contributed by atoms with Crippen LogP contribution in [0.3, 0.4) is 0 Å². The van der Waals surface area contributed by atoms with Gasteiger partial charge in [0, 0.05) is 25.7 Å². The topological polar surface area (TPSA) is 61.4 Å². The zero-order valence-corrected chi connectivity index (χ0v) is 13.8. The third-order valence-electron chi connectivity index (χ3n) is 4.51. The molecule has 0 unspecified atom stereocenters. The van der Waals surface area contributed by atoms with Crippen molar-refractivity contribution in [2.24, 2.45) is 11.3 Å². The molecule has 0 aromatic rings. The molecule has 2 rings (SSSR count). The Labute approximate surface area is 123 Å². The van der Waals surface area contributed by atoms with Crippen molar-refractivity contribution in [2.45, 2.75) is 52.5 Å². The summed E-state index contributed by atoms with van der Waals surface area (Å²) in [5.74, 6) is 0.602. The second-order valence-corrected chi connectivity index (χ2v) is 8.80. The molecular weight excluding hydrogens is 274 g/mol. The molecular formula is C14H29N3O2S. The summed E-state index contributed by atoms with van der Waals surface area (Å²) in [7, 11) is -3.27. The number of piperidine rings is 1. The fourth-order valence-electron chi connectivity index (χ4n) is 2.50. The van der Waals surface area contributed by atoms with Crippen molar-refractivity contribution < 1.29 is 8.42 Å². The molecule has 0 aromatic carbocycles. The highest BCUT2D eigenvalue weighted by atomic mass is 32.2. The molecule has 0 radical (unpaired) electrons. The quantitative estimate of drug-likeness (QED) is 0.746. The minimum absolute atomic E-state index is 0.215. The third-order valence-corrected chi connectivity index (χ3v) is 6.07. The van der Waals surface area contributed by atoms with Crippen LogP contribution >= 0.6 is 0 Å². The summed E-state index contributed by atoms with van der Waals surface area (Å²) in [5.41, 5.74) is 0.215. The van der Waals surface area contributed by atoms with Crippen LogP contribution in [0.2, 0.25) is 0 Å². The highest BCUT2D eigenvalue weighted by molar-refractivity contribution is 7.87. The molecule has 0 aromatic heterocycles. The minimum atomic E-state index is -3.27. The summed E-state index contributed by atoms with van der Waals surface area (Å²) >= 11 is 0. The molecule has 6 heteroatoms. The van der Waals surface area contributed by atoms with Crippen molar-refractivity contribution in [1.82, 2.24) is 14.3 Å². The highest BCUT2D eigenvalue weighted by Crippen LogP contribution is 2.44. The summed E-state index contributed by atoms with van der Waals surface area (Å²) < 4.78 is 28.9. The first-order valence-corrected chi connectivity index (χ1v) is 9.23. The Morgan fingerprint density at radius 3 is 2.35 bits per heavy atom. The van der Waals surface area contributed by atoms with E-state index in [9.17, 15) is 8.42 Å². The lowest BCUT2D eigenvalue weighted by atomic mass is 9.98. The fourth-order valence-corrected chi connectivity index (χ4v) is 3.91. The zero-order valence-electron chi connectivity index (χ0n) is 13.0. The largest absolute Gasteiger partial charge is 0.314 e. The third kappa shape index (κ3) is 4.69. The van der Waals surface area contributed by atoms with E-state index in [4.69, 9.17) is 0 Å². The first kappa shape index (κ1) is 16.2. The molecule has 1 saturated carbocycles. The van der Waals surface area contributed by atoms with Crippen LogP contribution in [0, 0.1) is 11.3 Å². The van der Waals surface area contributed by atoms with E-state index in [-0.39, 0.29) is 5.41 Å². The monoisotopic (exact) mass is 303 g/mol. The van der Waals surface area contributed by atoms with Gasteiger partial charge >= 0.3 is 0 Å². The van der Waals surface area contributed by atoms with Crippen molar-refractivity contribution in [3.63, 3.8) is 0 Å². The van der Waals surface area contributed by atoms with Crippen LogP contribution in [-0.4, -0.2) is 44.9 Å². The SMILES string of the molecule is CC(C)NCC1CCN(S(=O)(=O)NCC2(C)CC2)CC1. The Hall–Kier alpha value is -0.170. The molecule has 1 aliphatic heterocycles. The van der Waals surface area contributed by atoms with Gasteiger partial charge in [-0.1, -0.05) is 20.8 Å². The molecule has 0 atom stereocenters. The van der Waals surface area contributed by atoms with Crippen molar-refractivity contribution in [3.05, 3.63) is 0 Å². The lowest BCUT2D eigenvalue weighted by Crippen LogP contribution is -2.47. The van der Waals surface area contributed by atoms with Crippen LogP contribution < -0.4 is 10.0 Å². The number of nitrogens with zero attached hydrogens (tertiary/aromatic N) is 1. The summed E-state index contributed by atoms with van der Waals surface area (Å²) in [6.07, 6.45) is 4.19. The van der Waals surface area contributed by atoms with Gasteiger partial charge in [0.05, 0.1) is 0 Å². The van der Waals surface area contributed by atoms with Crippen molar-refractivity contribution in [2.75, 3.05) is 26.2 Å². The predicted octanol–water partition coefficient (Wildman–Crippen LogP) is 1.33. The molecule has 118 valence electrons. The second kappa shape index (κ2) is 6.30. The Morgan fingerprint density at radius 2 is 1.85 bits per heavy atom. The van der Waals surface area contributed by atoms with Gasteiger partial charge < -0.3 is 5.32 Å². The zero-order chi connectivity index (χ0) is 14.8. The number of hydrogen-bond donors (Lipinski definition) is 2. The average Bonchev–Trinajstić information content (AvgIpc) is 3.13. The molecule has 1 heterocycles. The van der Waals surface area contributed by atoms with Crippen LogP contribution in [0.25, 0.3) is 0 Å².